The first-order valence-corrected chi connectivity index (χ1v) is 12.0. The first kappa shape index (κ1) is 29.7. The van der Waals surface area contributed by atoms with Gasteiger partial charge in [-0.2, -0.15) is 0 Å². The third kappa shape index (κ3) is 18.9. The molecule has 0 radical (unpaired) electrons. The molecule has 4 nitrogen and oxygen atoms in total. The predicted molar refractivity (Wildman–Crippen MR) is 105 cm³/mol. The average molecular weight is 417 g/mol. The minimum atomic E-state index is -4.10. The maximum Gasteiger partial charge on any atom is 1.00 e. The average Bonchev–Trinajstić information content (AvgIpc) is 2.56. The van der Waals surface area contributed by atoms with Crippen molar-refractivity contribution in [1.29, 1.82) is 0 Å². The molecule has 152 valence electrons. The molecule has 0 fully saturated rings. The second-order valence-corrected chi connectivity index (χ2v) is 9.06. The van der Waals surface area contributed by atoms with Crippen LogP contribution in [0, 0.1) is 0 Å². The zero-order chi connectivity index (χ0) is 19.0. The van der Waals surface area contributed by atoms with E-state index < -0.39 is 15.4 Å². The summed E-state index contributed by atoms with van der Waals surface area (Å²) < 4.78 is 33.0. The molecule has 2 unspecified atom stereocenters. The largest absolute Gasteiger partial charge is 1.00 e. The van der Waals surface area contributed by atoms with Crippen LogP contribution in [0.2, 0.25) is 0 Å². The van der Waals surface area contributed by atoms with Gasteiger partial charge in [-0.1, -0.05) is 90.9 Å². The molecule has 0 aromatic carbocycles. The Hall–Kier alpha value is 1.51. The molecule has 0 aliphatic rings. The molecule has 0 aliphatic carbocycles. The molecular weight excluding hydrogens is 375 g/mol. The number of aliphatic hydroxyl groups excluding tert-OH is 1. The van der Waals surface area contributed by atoms with Crippen LogP contribution in [0.25, 0.3) is 0 Å². The van der Waals surface area contributed by atoms with Crippen LogP contribution in [0.3, 0.4) is 0 Å². The molecule has 0 aliphatic heterocycles. The summed E-state index contributed by atoms with van der Waals surface area (Å²) in [6.45, 7) is 3.80. The van der Waals surface area contributed by atoms with Crippen LogP contribution >= 0.6 is 0 Å². The Labute approximate surface area is 205 Å². The fourth-order valence-electron chi connectivity index (χ4n) is 3.28. The molecule has 6 heteroatoms. The summed E-state index contributed by atoms with van der Waals surface area (Å²) in [5, 5.41) is 8.79. The van der Waals surface area contributed by atoms with Crippen molar-refractivity contribution in [2.24, 2.45) is 0 Å². The first-order valence-electron chi connectivity index (χ1n) is 10.5. The van der Waals surface area contributed by atoms with Crippen LogP contribution in [0.4, 0.5) is 0 Å². The molecule has 0 saturated heterocycles. The summed E-state index contributed by atoms with van der Waals surface area (Å²) in [7, 11) is -4.10. The maximum absolute atomic E-state index is 11.0. The zero-order valence-electron chi connectivity index (χ0n) is 17.5. The molecule has 0 saturated carbocycles. The number of hydrogen-bond acceptors (Lipinski definition) is 4. The van der Waals surface area contributed by atoms with Gasteiger partial charge in [-0.3, -0.25) is 0 Å². The predicted octanol–water partition coefficient (Wildman–Crippen LogP) is 2.55. The van der Waals surface area contributed by atoms with Gasteiger partial charge >= 0.3 is 51.4 Å². The van der Waals surface area contributed by atoms with Gasteiger partial charge in [0.05, 0.1) is 16.2 Å². The first-order chi connectivity index (χ1) is 11.9. The normalized spacial score (nSPS) is 14.0. The SMILES string of the molecule is CCC(O)CCCCCCCCCCCCCCC(CC)S(=O)(=O)[O-].[K+]. The van der Waals surface area contributed by atoms with Gasteiger partial charge in [0.25, 0.3) is 0 Å². The van der Waals surface area contributed by atoms with E-state index in [-0.39, 0.29) is 57.5 Å². The van der Waals surface area contributed by atoms with Crippen molar-refractivity contribution >= 4 is 10.1 Å². The zero-order valence-corrected chi connectivity index (χ0v) is 21.5. The number of unbranched alkanes of at least 4 members (excludes halogenated alkanes) is 11. The molecule has 2 atom stereocenters. The van der Waals surface area contributed by atoms with Crippen molar-refractivity contribution in [3.05, 3.63) is 0 Å². The molecular formula is C20H41KO4S. The summed E-state index contributed by atoms with van der Waals surface area (Å²) in [6, 6.07) is 0. The molecule has 0 rings (SSSR count). The minimum Gasteiger partial charge on any atom is -0.748 e. The Kier molecular flexibility index (Phi) is 22.6. The van der Waals surface area contributed by atoms with Gasteiger partial charge in [0, 0.05) is 5.25 Å². The van der Waals surface area contributed by atoms with Crippen molar-refractivity contribution < 1.29 is 69.5 Å². The van der Waals surface area contributed by atoms with E-state index in [4.69, 9.17) is 0 Å². The standard InChI is InChI=1S/C20H42O4S.K/c1-3-19(21)17-15-13-11-9-7-5-6-8-10-12-14-16-18-20(4-2)25(22,23)24;/h19-21H,3-18H2,1-2H3,(H,22,23,24);/q;+1/p-1. The van der Waals surface area contributed by atoms with E-state index in [0.717, 1.165) is 38.5 Å². The summed E-state index contributed by atoms with van der Waals surface area (Å²) in [5.74, 6) is 0. The number of rotatable bonds is 18. The smallest absolute Gasteiger partial charge is 0.748 e. The Bertz CT molecular complexity index is 387. The topological polar surface area (TPSA) is 77.4 Å². The second-order valence-electron chi connectivity index (χ2n) is 7.41. The molecule has 0 aromatic rings. The van der Waals surface area contributed by atoms with E-state index in [2.05, 4.69) is 0 Å². The van der Waals surface area contributed by atoms with Crippen LogP contribution in [-0.2, 0) is 10.1 Å². The van der Waals surface area contributed by atoms with E-state index in [9.17, 15) is 18.1 Å². The Morgan fingerprint density at radius 2 is 1.04 bits per heavy atom. The van der Waals surface area contributed by atoms with Crippen molar-refractivity contribution in [2.75, 3.05) is 0 Å². The molecule has 1 N–H and O–H groups in total. The maximum atomic E-state index is 11.0. The van der Waals surface area contributed by atoms with Gasteiger partial charge < -0.3 is 9.66 Å². The van der Waals surface area contributed by atoms with Crippen LogP contribution in [0.15, 0.2) is 0 Å². The Morgan fingerprint density at radius 3 is 1.35 bits per heavy atom. The van der Waals surface area contributed by atoms with Gasteiger partial charge in [0.2, 0.25) is 0 Å². The number of hydrogen-bond donors (Lipinski definition) is 1. The van der Waals surface area contributed by atoms with E-state index in [1.165, 1.54) is 51.4 Å². The molecule has 0 heterocycles. The van der Waals surface area contributed by atoms with Crippen LogP contribution in [0.5, 0.6) is 0 Å². The monoisotopic (exact) mass is 416 g/mol. The molecule has 0 spiro atoms. The summed E-state index contributed by atoms with van der Waals surface area (Å²) >= 11 is 0. The third-order valence-electron chi connectivity index (χ3n) is 5.15. The second kappa shape index (κ2) is 19.8. The third-order valence-corrected chi connectivity index (χ3v) is 6.53. The Balaban J connectivity index is 0. The van der Waals surface area contributed by atoms with Crippen molar-refractivity contribution in [3.8, 4) is 0 Å². The number of aliphatic hydroxyl groups is 1. The van der Waals surface area contributed by atoms with Crippen LogP contribution in [-0.4, -0.2) is 29.4 Å². The van der Waals surface area contributed by atoms with Gasteiger partial charge in [-0.25, -0.2) is 8.42 Å². The Morgan fingerprint density at radius 1 is 0.692 bits per heavy atom. The van der Waals surface area contributed by atoms with E-state index in [1.54, 1.807) is 6.92 Å². The quantitative estimate of drug-likeness (QED) is 0.212. The molecule has 26 heavy (non-hydrogen) atoms. The fourth-order valence-corrected chi connectivity index (χ4v) is 4.14. The van der Waals surface area contributed by atoms with E-state index in [1.807, 2.05) is 6.92 Å². The van der Waals surface area contributed by atoms with E-state index in [0.29, 0.717) is 12.8 Å². The van der Waals surface area contributed by atoms with Crippen LogP contribution in [0.1, 0.15) is 117 Å². The summed E-state index contributed by atoms with van der Waals surface area (Å²) in [5.41, 5.74) is 0. The van der Waals surface area contributed by atoms with E-state index >= 15 is 0 Å². The van der Waals surface area contributed by atoms with Crippen molar-refractivity contribution in [2.45, 2.75) is 128 Å². The van der Waals surface area contributed by atoms with Gasteiger partial charge in [0.1, 0.15) is 0 Å². The van der Waals surface area contributed by atoms with Gasteiger partial charge in [0.15, 0.2) is 0 Å². The molecule has 0 amide bonds. The summed E-state index contributed by atoms with van der Waals surface area (Å²) in [6.07, 6.45) is 17.1. The molecule has 0 bridgehead atoms. The van der Waals surface area contributed by atoms with Crippen molar-refractivity contribution in [3.63, 3.8) is 0 Å². The van der Waals surface area contributed by atoms with Crippen LogP contribution < -0.4 is 51.4 Å². The minimum absolute atomic E-state index is 0. The fraction of sp³-hybridized carbons (Fsp3) is 1.00. The van der Waals surface area contributed by atoms with Crippen molar-refractivity contribution in [1.82, 2.24) is 0 Å². The molecule has 0 aromatic heterocycles. The van der Waals surface area contributed by atoms with Gasteiger partial charge in [-0.15, -0.1) is 0 Å². The summed E-state index contributed by atoms with van der Waals surface area (Å²) in [4.78, 5) is 0. The van der Waals surface area contributed by atoms with Gasteiger partial charge in [-0.05, 0) is 25.7 Å².